The van der Waals surface area contributed by atoms with E-state index in [1.165, 1.54) is 0 Å². The number of benzene rings is 2. The molecule has 1 spiro atoms. The number of carbonyl (C=O) groups excluding carboxylic acids is 4. The molecule has 232 valence electrons. The second-order valence-corrected chi connectivity index (χ2v) is 13.4. The molecule has 0 bridgehead atoms. The molecule has 2 aromatic rings. The third kappa shape index (κ3) is 9.03. The minimum Gasteiger partial charge on any atom is -0.456 e. The van der Waals surface area contributed by atoms with Crippen LogP contribution in [0, 0.1) is 5.41 Å². The summed E-state index contributed by atoms with van der Waals surface area (Å²) in [6.45, 7) is 12.7. The number of rotatable bonds is 7. The van der Waals surface area contributed by atoms with Crippen molar-refractivity contribution in [1.29, 1.82) is 0 Å². The van der Waals surface area contributed by atoms with Gasteiger partial charge in [-0.3, -0.25) is 9.59 Å². The Kier molecular flexibility index (Phi) is 9.49. The van der Waals surface area contributed by atoms with Crippen LogP contribution < -0.4 is 15.5 Å². The Morgan fingerprint density at radius 3 is 2.09 bits per heavy atom. The molecule has 0 aliphatic carbocycles. The van der Waals surface area contributed by atoms with E-state index in [0.717, 1.165) is 24.1 Å². The van der Waals surface area contributed by atoms with E-state index in [1.807, 2.05) is 29.2 Å². The van der Waals surface area contributed by atoms with Crippen LogP contribution in [0.4, 0.5) is 16.2 Å². The molecule has 3 amide bonds. The highest BCUT2D eigenvalue weighted by molar-refractivity contribution is 5.98. The molecule has 10 heteroatoms. The lowest BCUT2D eigenvalue weighted by Crippen LogP contribution is -2.47. The highest BCUT2D eigenvalue weighted by Gasteiger charge is 2.44. The average molecular weight is 594 g/mol. The third-order valence-corrected chi connectivity index (χ3v) is 7.36. The number of ether oxygens (including phenoxy) is 3. The van der Waals surface area contributed by atoms with Crippen LogP contribution >= 0.6 is 0 Å². The summed E-state index contributed by atoms with van der Waals surface area (Å²) in [6.07, 6.45) is 1.76. The number of esters is 1. The van der Waals surface area contributed by atoms with Gasteiger partial charge in [-0.2, -0.15) is 0 Å². The first-order chi connectivity index (χ1) is 20.1. The normalized spacial score (nSPS) is 17.3. The van der Waals surface area contributed by atoms with Crippen LogP contribution in [0.1, 0.15) is 76.7 Å². The fourth-order valence-electron chi connectivity index (χ4n) is 5.23. The predicted molar refractivity (Wildman–Crippen MR) is 163 cm³/mol. The van der Waals surface area contributed by atoms with Gasteiger partial charge in [0.15, 0.2) is 0 Å². The van der Waals surface area contributed by atoms with Crippen molar-refractivity contribution in [2.24, 2.45) is 5.41 Å². The zero-order chi connectivity index (χ0) is 31.4. The van der Waals surface area contributed by atoms with Crippen LogP contribution in [0.2, 0.25) is 0 Å². The maximum Gasteiger partial charge on any atom is 0.408 e. The molecular weight excluding hydrogens is 550 g/mol. The standard InChI is InChI=1S/C33H43N3O7/c1-31(2,3)42-29(39)23-9-11-24(12-10-23)34-28(38)26(35-30(40)43-32(4,5)6)19-22-7-13-25(14-8-22)36-21-33(20-27(36)37)15-17-41-18-16-33/h7-14,26H,15-21H2,1-6H3,(H,34,38)(H,35,40)/t26-/m0/s1. The zero-order valence-electron chi connectivity index (χ0n) is 26.0. The van der Waals surface area contributed by atoms with E-state index in [9.17, 15) is 19.2 Å². The van der Waals surface area contributed by atoms with Gasteiger partial charge < -0.3 is 29.7 Å². The number of hydrogen-bond donors (Lipinski definition) is 2. The second kappa shape index (κ2) is 12.8. The number of nitrogens with one attached hydrogen (secondary N) is 2. The van der Waals surface area contributed by atoms with Crippen LogP contribution in [-0.4, -0.2) is 60.9 Å². The molecule has 2 aliphatic heterocycles. The number of anilines is 2. The Hall–Kier alpha value is -3.92. The third-order valence-electron chi connectivity index (χ3n) is 7.36. The van der Waals surface area contributed by atoms with Gasteiger partial charge in [0.1, 0.15) is 17.2 Å². The van der Waals surface area contributed by atoms with E-state index in [1.54, 1.807) is 65.8 Å². The summed E-state index contributed by atoms with van der Waals surface area (Å²) in [4.78, 5) is 53.1. The number of hydrogen-bond acceptors (Lipinski definition) is 7. The van der Waals surface area contributed by atoms with Gasteiger partial charge in [-0.25, -0.2) is 9.59 Å². The number of nitrogens with zero attached hydrogens (tertiary/aromatic N) is 1. The van der Waals surface area contributed by atoms with Gasteiger partial charge in [0.05, 0.1) is 5.56 Å². The Balaban J connectivity index is 1.45. The summed E-state index contributed by atoms with van der Waals surface area (Å²) in [6, 6.07) is 12.9. The van der Waals surface area contributed by atoms with Gasteiger partial charge in [-0.15, -0.1) is 0 Å². The molecule has 4 rings (SSSR count). The predicted octanol–water partition coefficient (Wildman–Crippen LogP) is 5.25. The number of carbonyl (C=O) groups is 4. The van der Waals surface area contributed by atoms with Crippen LogP contribution in [0.15, 0.2) is 48.5 Å². The summed E-state index contributed by atoms with van der Waals surface area (Å²) in [7, 11) is 0. The SMILES string of the molecule is CC(C)(C)OC(=O)N[C@@H](Cc1ccc(N2CC3(CCOCC3)CC2=O)cc1)C(=O)Nc1ccc(C(=O)OC(C)(C)C)cc1. The highest BCUT2D eigenvalue weighted by atomic mass is 16.6. The zero-order valence-corrected chi connectivity index (χ0v) is 26.0. The van der Waals surface area contributed by atoms with Crippen molar-refractivity contribution in [2.75, 3.05) is 30.0 Å². The van der Waals surface area contributed by atoms with Gasteiger partial charge in [0.25, 0.3) is 0 Å². The quantitative estimate of drug-likeness (QED) is 0.421. The molecule has 10 nitrogen and oxygen atoms in total. The molecule has 2 N–H and O–H groups in total. The lowest BCUT2D eigenvalue weighted by Gasteiger charge is -2.32. The van der Waals surface area contributed by atoms with E-state index in [4.69, 9.17) is 14.2 Å². The molecule has 0 aromatic heterocycles. The van der Waals surface area contributed by atoms with Crippen molar-refractivity contribution >= 4 is 35.3 Å². The van der Waals surface area contributed by atoms with Crippen molar-refractivity contribution in [2.45, 2.75) is 84.5 Å². The van der Waals surface area contributed by atoms with Crippen molar-refractivity contribution in [3.05, 3.63) is 59.7 Å². The highest BCUT2D eigenvalue weighted by Crippen LogP contribution is 2.42. The fourth-order valence-corrected chi connectivity index (χ4v) is 5.23. The molecule has 2 heterocycles. The Morgan fingerprint density at radius 1 is 0.907 bits per heavy atom. The molecule has 0 saturated carbocycles. The molecule has 43 heavy (non-hydrogen) atoms. The van der Waals surface area contributed by atoms with Crippen LogP contribution in [-0.2, 0) is 30.2 Å². The van der Waals surface area contributed by atoms with E-state index in [-0.39, 0.29) is 17.7 Å². The fraction of sp³-hybridized carbons (Fsp3) is 0.515. The van der Waals surface area contributed by atoms with Crippen molar-refractivity contribution in [3.8, 4) is 0 Å². The van der Waals surface area contributed by atoms with Gasteiger partial charge in [-0.05, 0) is 96.3 Å². The number of amides is 3. The average Bonchev–Trinajstić information content (AvgIpc) is 3.22. The number of alkyl carbamates (subject to hydrolysis) is 1. The minimum atomic E-state index is -0.954. The first-order valence-electron chi connectivity index (χ1n) is 14.7. The second-order valence-electron chi connectivity index (χ2n) is 13.4. The first-order valence-corrected chi connectivity index (χ1v) is 14.7. The van der Waals surface area contributed by atoms with Gasteiger partial charge in [-0.1, -0.05) is 12.1 Å². The van der Waals surface area contributed by atoms with Gasteiger partial charge in [0.2, 0.25) is 11.8 Å². The van der Waals surface area contributed by atoms with Crippen molar-refractivity contribution in [1.82, 2.24) is 5.32 Å². The van der Waals surface area contributed by atoms with Crippen LogP contribution in [0.3, 0.4) is 0 Å². The topological polar surface area (TPSA) is 123 Å². The van der Waals surface area contributed by atoms with E-state index < -0.39 is 35.2 Å². The van der Waals surface area contributed by atoms with Crippen molar-refractivity contribution in [3.63, 3.8) is 0 Å². The van der Waals surface area contributed by atoms with Crippen molar-refractivity contribution < 1.29 is 33.4 Å². The molecule has 1 atom stereocenters. The summed E-state index contributed by atoms with van der Waals surface area (Å²) in [5.41, 5.74) is 1.03. The minimum absolute atomic E-state index is 0.0281. The van der Waals surface area contributed by atoms with Crippen LogP contribution in [0.25, 0.3) is 0 Å². The lowest BCUT2D eigenvalue weighted by atomic mass is 9.79. The molecule has 0 radical (unpaired) electrons. The molecule has 2 aliphatic rings. The largest absolute Gasteiger partial charge is 0.456 e. The monoisotopic (exact) mass is 593 g/mol. The maximum absolute atomic E-state index is 13.4. The molecule has 2 aromatic carbocycles. The smallest absolute Gasteiger partial charge is 0.408 e. The van der Waals surface area contributed by atoms with Crippen LogP contribution in [0.5, 0.6) is 0 Å². The lowest BCUT2D eigenvalue weighted by molar-refractivity contribution is -0.119. The van der Waals surface area contributed by atoms with E-state index >= 15 is 0 Å². The molecular formula is C33H43N3O7. The summed E-state index contributed by atoms with van der Waals surface area (Å²) < 4.78 is 16.3. The molecule has 2 fully saturated rings. The van der Waals surface area contributed by atoms with E-state index in [2.05, 4.69) is 10.6 Å². The molecule has 0 unspecified atom stereocenters. The first kappa shape index (κ1) is 32.0. The van der Waals surface area contributed by atoms with Gasteiger partial charge in [0, 0.05) is 49.4 Å². The Labute approximate surface area is 253 Å². The van der Waals surface area contributed by atoms with Gasteiger partial charge >= 0.3 is 12.1 Å². The summed E-state index contributed by atoms with van der Waals surface area (Å²) >= 11 is 0. The van der Waals surface area contributed by atoms with E-state index in [0.29, 0.717) is 37.4 Å². The Bertz CT molecular complexity index is 1320. The maximum atomic E-state index is 13.4. The molecule has 2 saturated heterocycles. The summed E-state index contributed by atoms with van der Waals surface area (Å²) in [5.74, 6) is -0.802. The Morgan fingerprint density at radius 2 is 1.51 bits per heavy atom. The summed E-state index contributed by atoms with van der Waals surface area (Å²) in [5, 5.41) is 5.50.